The van der Waals surface area contributed by atoms with Crippen molar-refractivity contribution in [3.63, 3.8) is 0 Å². The van der Waals surface area contributed by atoms with Crippen molar-refractivity contribution in [1.29, 1.82) is 0 Å². The zero-order valence-corrected chi connectivity index (χ0v) is 8.98. The Kier molecular flexibility index (Phi) is 2.59. The maximum Gasteiger partial charge on any atom is 0.125 e. The van der Waals surface area contributed by atoms with Gasteiger partial charge in [-0.25, -0.2) is 4.98 Å². The van der Waals surface area contributed by atoms with Crippen molar-refractivity contribution >= 4 is 0 Å². The molecule has 1 aromatic rings. The van der Waals surface area contributed by atoms with Gasteiger partial charge in [0.15, 0.2) is 0 Å². The molecular weight excluding hydrogens is 174 g/mol. The van der Waals surface area contributed by atoms with Gasteiger partial charge in [0.25, 0.3) is 0 Å². The van der Waals surface area contributed by atoms with Gasteiger partial charge in [0.05, 0.1) is 6.04 Å². The van der Waals surface area contributed by atoms with Crippen LogP contribution in [0.3, 0.4) is 0 Å². The smallest absolute Gasteiger partial charge is 0.125 e. The van der Waals surface area contributed by atoms with Crippen LogP contribution in [0.4, 0.5) is 0 Å². The topological polar surface area (TPSA) is 43.8 Å². The molecule has 0 bridgehead atoms. The number of aryl methyl sites for hydroxylation is 1. The number of nitrogens with zero attached hydrogens (tertiary/aromatic N) is 2. The van der Waals surface area contributed by atoms with E-state index in [9.17, 15) is 0 Å². The summed E-state index contributed by atoms with van der Waals surface area (Å²) < 4.78 is 2.14. The second-order valence-corrected chi connectivity index (χ2v) is 4.29. The first-order chi connectivity index (χ1) is 6.74. The van der Waals surface area contributed by atoms with Crippen molar-refractivity contribution in [1.82, 2.24) is 9.55 Å². The van der Waals surface area contributed by atoms with Crippen molar-refractivity contribution in [2.24, 2.45) is 17.6 Å². The molecule has 0 saturated heterocycles. The fraction of sp³-hybridized carbons (Fsp3) is 0.727. The third kappa shape index (κ3) is 1.69. The molecule has 0 aliphatic heterocycles. The minimum Gasteiger partial charge on any atom is -0.334 e. The van der Waals surface area contributed by atoms with Gasteiger partial charge in [-0.2, -0.15) is 0 Å². The van der Waals surface area contributed by atoms with Crippen LogP contribution in [-0.4, -0.2) is 9.55 Å². The average molecular weight is 193 g/mol. The number of hydrogen-bond donors (Lipinski definition) is 1. The lowest BCUT2D eigenvalue weighted by Crippen LogP contribution is -2.24. The summed E-state index contributed by atoms with van der Waals surface area (Å²) in [6.45, 7) is 5.33. The Morgan fingerprint density at radius 2 is 2.36 bits per heavy atom. The van der Waals surface area contributed by atoms with E-state index in [4.69, 9.17) is 5.73 Å². The van der Waals surface area contributed by atoms with Gasteiger partial charge < -0.3 is 10.3 Å². The van der Waals surface area contributed by atoms with E-state index in [0.29, 0.717) is 5.92 Å². The van der Waals surface area contributed by atoms with Crippen LogP contribution < -0.4 is 5.73 Å². The predicted octanol–water partition coefficient (Wildman–Crippen LogP) is 1.95. The number of imidazole rings is 1. The van der Waals surface area contributed by atoms with Crippen LogP contribution in [-0.2, 0) is 6.54 Å². The molecule has 14 heavy (non-hydrogen) atoms. The van der Waals surface area contributed by atoms with Gasteiger partial charge in [-0.05, 0) is 31.6 Å². The second-order valence-electron chi connectivity index (χ2n) is 4.29. The van der Waals surface area contributed by atoms with E-state index in [2.05, 4.69) is 23.4 Å². The van der Waals surface area contributed by atoms with Crippen LogP contribution in [0.2, 0.25) is 0 Å². The summed E-state index contributed by atoms with van der Waals surface area (Å²) in [5, 5.41) is 0. The van der Waals surface area contributed by atoms with Crippen LogP contribution in [0.1, 0.15) is 38.6 Å². The zero-order chi connectivity index (χ0) is 10.1. The maximum absolute atomic E-state index is 6.22. The summed E-state index contributed by atoms with van der Waals surface area (Å²) in [6, 6.07) is 0.109. The molecule has 2 unspecified atom stereocenters. The van der Waals surface area contributed by atoms with Crippen LogP contribution in [0, 0.1) is 11.8 Å². The summed E-state index contributed by atoms with van der Waals surface area (Å²) in [7, 11) is 0. The van der Waals surface area contributed by atoms with Gasteiger partial charge >= 0.3 is 0 Å². The highest BCUT2D eigenvalue weighted by Gasteiger charge is 2.33. The van der Waals surface area contributed by atoms with E-state index >= 15 is 0 Å². The Morgan fingerprint density at radius 1 is 1.64 bits per heavy atom. The molecular formula is C11H19N3. The monoisotopic (exact) mass is 193 g/mol. The third-order valence-corrected chi connectivity index (χ3v) is 3.32. The molecule has 1 heterocycles. The van der Waals surface area contributed by atoms with Crippen LogP contribution in [0.15, 0.2) is 12.4 Å². The van der Waals surface area contributed by atoms with Crippen LogP contribution >= 0.6 is 0 Å². The highest BCUT2D eigenvalue weighted by molar-refractivity contribution is 5.02. The lowest BCUT2D eigenvalue weighted by Gasteiger charge is -2.19. The van der Waals surface area contributed by atoms with Crippen molar-refractivity contribution in [2.45, 2.75) is 39.3 Å². The summed E-state index contributed by atoms with van der Waals surface area (Å²) in [4.78, 5) is 4.36. The molecule has 2 rings (SSSR count). The Balaban J connectivity index is 2.12. The van der Waals surface area contributed by atoms with Gasteiger partial charge in [-0.1, -0.05) is 6.92 Å². The van der Waals surface area contributed by atoms with Crippen molar-refractivity contribution in [2.75, 3.05) is 0 Å². The highest BCUT2D eigenvalue weighted by atomic mass is 15.1. The van der Waals surface area contributed by atoms with E-state index in [0.717, 1.165) is 18.3 Å². The molecule has 0 aromatic carbocycles. The largest absolute Gasteiger partial charge is 0.334 e. The number of hydrogen-bond acceptors (Lipinski definition) is 2. The molecule has 1 aliphatic carbocycles. The Labute approximate surface area is 85.3 Å². The lowest BCUT2D eigenvalue weighted by atomic mass is 9.97. The van der Waals surface area contributed by atoms with Crippen molar-refractivity contribution in [3.05, 3.63) is 18.2 Å². The van der Waals surface area contributed by atoms with E-state index in [1.807, 2.05) is 12.4 Å². The Hall–Kier alpha value is -0.830. The quantitative estimate of drug-likeness (QED) is 0.794. The van der Waals surface area contributed by atoms with E-state index in [-0.39, 0.29) is 6.04 Å². The second kappa shape index (κ2) is 3.73. The number of aromatic nitrogens is 2. The fourth-order valence-corrected chi connectivity index (χ4v) is 2.04. The lowest BCUT2D eigenvalue weighted by molar-refractivity contribution is 0.392. The summed E-state index contributed by atoms with van der Waals surface area (Å²) in [5.41, 5.74) is 6.22. The van der Waals surface area contributed by atoms with E-state index < -0.39 is 0 Å². The first-order valence-corrected chi connectivity index (χ1v) is 5.50. The van der Waals surface area contributed by atoms with Gasteiger partial charge in [0, 0.05) is 18.9 Å². The number of rotatable bonds is 4. The van der Waals surface area contributed by atoms with Crippen LogP contribution in [0.5, 0.6) is 0 Å². The van der Waals surface area contributed by atoms with Crippen molar-refractivity contribution in [3.8, 4) is 0 Å². The molecule has 78 valence electrons. The van der Waals surface area contributed by atoms with Gasteiger partial charge in [0.1, 0.15) is 5.82 Å². The normalized spacial score (nSPS) is 20.8. The predicted molar refractivity (Wildman–Crippen MR) is 56.7 cm³/mol. The summed E-state index contributed by atoms with van der Waals surface area (Å²) in [6.07, 6.45) is 6.55. The first kappa shape index (κ1) is 9.71. The Morgan fingerprint density at radius 3 is 2.93 bits per heavy atom. The molecule has 3 nitrogen and oxygen atoms in total. The summed E-state index contributed by atoms with van der Waals surface area (Å²) in [5.74, 6) is 2.46. The Bertz CT molecular complexity index is 301. The van der Waals surface area contributed by atoms with Gasteiger partial charge in [-0.3, -0.25) is 0 Å². The number of nitrogens with two attached hydrogens (primary N) is 1. The van der Waals surface area contributed by atoms with Crippen LogP contribution in [0.25, 0.3) is 0 Å². The van der Waals surface area contributed by atoms with Gasteiger partial charge in [0.2, 0.25) is 0 Å². The molecule has 3 heteroatoms. The molecule has 0 spiro atoms. The maximum atomic E-state index is 6.22. The SMILES string of the molecule is CCn1ccnc1C(N)C(C)C1CC1. The highest BCUT2D eigenvalue weighted by Crippen LogP contribution is 2.41. The molecule has 0 amide bonds. The van der Waals surface area contributed by atoms with Crippen molar-refractivity contribution < 1.29 is 0 Å². The molecule has 1 aliphatic rings. The average Bonchev–Trinajstić information content (AvgIpc) is 2.94. The zero-order valence-electron chi connectivity index (χ0n) is 8.98. The van der Waals surface area contributed by atoms with E-state index in [1.54, 1.807) is 0 Å². The first-order valence-electron chi connectivity index (χ1n) is 5.50. The standard InChI is InChI=1S/C11H19N3/c1-3-14-7-6-13-11(14)10(12)8(2)9-4-5-9/h6-10H,3-5,12H2,1-2H3. The molecule has 1 aromatic heterocycles. The summed E-state index contributed by atoms with van der Waals surface area (Å²) >= 11 is 0. The molecule has 2 N–H and O–H groups in total. The molecule has 1 fully saturated rings. The minimum absolute atomic E-state index is 0.109. The molecule has 2 atom stereocenters. The van der Waals surface area contributed by atoms with E-state index in [1.165, 1.54) is 12.8 Å². The molecule has 0 radical (unpaired) electrons. The molecule has 1 saturated carbocycles. The third-order valence-electron chi connectivity index (χ3n) is 3.32. The fourth-order valence-electron chi connectivity index (χ4n) is 2.04. The van der Waals surface area contributed by atoms with Gasteiger partial charge in [-0.15, -0.1) is 0 Å². The minimum atomic E-state index is 0.109.